The molecule has 2 aliphatic rings. The Hall–Kier alpha value is -4.29. The molecule has 4 N–H and O–H groups in total. The van der Waals surface area contributed by atoms with Gasteiger partial charge in [0.15, 0.2) is 5.78 Å². The summed E-state index contributed by atoms with van der Waals surface area (Å²) in [5, 5.41) is 10.4. The van der Waals surface area contributed by atoms with Crippen LogP contribution in [0.2, 0.25) is 0 Å². The summed E-state index contributed by atoms with van der Waals surface area (Å²) in [5.74, 6) is -3.84. The highest BCUT2D eigenvalue weighted by Gasteiger charge is 2.44. The zero-order chi connectivity index (χ0) is 36.1. The van der Waals surface area contributed by atoms with Gasteiger partial charge in [-0.25, -0.2) is 4.79 Å². The average Bonchev–Trinajstić information content (AvgIpc) is 3.48. The van der Waals surface area contributed by atoms with Crippen molar-refractivity contribution in [1.29, 1.82) is 0 Å². The van der Waals surface area contributed by atoms with Crippen LogP contribution in [0.25, 0.3) is 0 Å². The van der Waals surface area contributed by atoms with Gasteiger partial charge in [0.2, 0.25) is 23.5 Å². The van der Waals surface area contributed by atoms with E-state index < -0.39 is 60.3 Å². The van der Waals surface area contributed by atoms with E-state index >= 15 is 0 Å². The van der Waals surface area contributed by atoms with E-state index in [1.807, 2.05) is 20.8 Å². The molecule has 1 saturated heterocycles. The fraction of sp³-hybridized carbons (Fsp3) is 0.639. The highest BCUT2D eigenvalue weighted by Crippen LogP contribution is 2.31. The van der Waals surface area contributed by atoms with Crippen molar-refractivity contribution in [2.45, 2.75) is 123 Å². The fourth-order valence-electron chi connectivity index (χ4n) is 6.54. The Balaban J connectivity index is 1.67. The first-order valence-corrected chi connectivity index (χ1v) is 17.6. The van der Waals surface area contributed by atoms with Crippen molar-refractivity contribution >= 4 is 41.3 Å². The summed E-state index contributed by atoms with van der Waals surface area (Å²) in [6.45, 7) is 8.48. The van der Waals surface area contributed by atoms with Gasteiger partial charge in [0.1, 0.15) is 18.1 Å². The number of alkyl carbamates (subject to hydrolysis) is 1. The molecular weight excluding hydrogens is 630 g/mol. The number of Topliss-reactive ketones (excluding diaryl/α,β-unsaturated/α-hetero) is 2. The van der Waals surface area contributed by atoms with E-state index in [1.54, 1.807) is 37.3 Å². The van der Waals surface area contributed by atoms with E-state index in [2.05, 4.69) is 21.3 Å². The number of ether oxygens (including phenoxy) is 1. The number of rotatable bonds is 16. The third-order valence-corrected chi connectivity index (χ3v) is 9.12. The summed E-state index contributed by atoms with van der Waals surface area (Å²) in [6, 6.07) is 4.50. The topological polar surface area (TPSA) is 180 Å². The zero-order valence-corrected chi connectivity index (χ0v) is 29.4. The standard InChI is InChI=1S/C36H53N5O8/c1-6-13-27(32(44)34(46)37-20-29(43)39-30(24(5)42)25-14-9-7-10-15-25)38-33(45)28-19-18-23(4)41(28)35(47)31(26-16-11-8-12-17-26)40-36(48)49-21-22(2)3/h7,9-10,14-15,22-23,26-28,30-31H,6,8,11-13,16-21H2,1-5H3,(H,37,46)(H,38,45)(H,39,43)(H,40,48)/t23-,27?,28+,30?,31+/m1/s1. The van der Waals surface area contributed by atoms with Crippen molar-refractivity contribution in [2.24, 2.45) is 11.8 Å². The Bertz CT molecular complexity index is 1330. The molecule has 13 nitrogen and oxygen atoms in total. The monoisotopic (exact) mass is 683 g/mol. The molecular formula is C36H53N5O8. The molecule has 1 aliphatic carbocycles. The van der Waals surface area contributed by atoms with Gasteiger partial charge in [0.25, 0.3) is 5.91 Å². The second kappa shape index (κ2) is 19.0. The van der Waals surface area contributed by atoms with Crippen LogP contribution in [0.15, 0.2) is 30.3 Å². The lowest BCUT2D eigenvalue weighted by atomic mass is 9.83. The maximum absolute atomic E-state index is 14.1. The van der Waals surface area contributed by atoms with Crippen molar-refractivity contribution in [1.82, 2.24) is 26.2 Å². The number of likely N-dealkylation sites (tertiary alicyclic amines) is 1. The second-order valence-electron chi connectivity index (χ2n) is 13.6. The molecule has 5 atom stereocenters. The van der Waals surface area contributed by atoms with Gasteiger partial charge in [-0.15, -0.1) is 0 Å². The summed E-state index contributed by atoms with van der Waals surface area (Å²) < 4.78 is 5.34. The van der Waals surface area contributed by atoms with Gasteiger partial charge in [0.05, 0.1) is 19.2 Å². The van der Waals surface area contributed by atoms with Gasteiger partial charge in [-0.2, -0.15) is 0 Å². The molecule has 0 spiro atoms. The molecule has 3 rings (SSSR count). The van der Waals surface area contributed by atoms with Crippen LogP contribution in [-0.2, 0) is 33.5 Å². The van der Waals surface area contributed by atoms with Crippen LogP contribution in [0.3, 0.4) is 0 Å². The molecule has 0 bridgehead atoms. The highest BCUT2D eigenvalue weighted by molar-refractivity contribution is 6.38. The third-order valence-electron chi connectivity index (χ3n) is 9.12. The van der Waals surface area contributed by atoms with Crippen LogP contribution in [0.4, 0.5) is 4.79 Å². The Morgan fingerprint density at radius 1 is 0.898 bits per heavy atom. The summed E-state index contributed by atoms with van der Waals surface area (Å²) in [4.78, 5) is 92.9. The zero-order valence-electron chi connectivity index (χ0n) is 29.4. The third kappa shape index (κ3) is 11.4. The number of hydrogen-bond donors (Lipinski definition) is 4. The number of nitrogens with one attached hydrogen (secondary N) is 4. The first kappa shape index (κ1) is 39.2. The summed E-state index contributed by atoms with van der Waals surface area (Å²) >= 11 is 0. The highest BCUT2D eigenvalue weighted by atomic mass is 16.5. The summed E-state index contributed by atoms with van der Waals surface area (Å²) in [6.07, 6.45) is 5.32. The summed E-state index contributed by atoms with van der Waals surface area (Å²) in [7, 11) is 0. The molecule has 1 saturated carbocycles. The van der Waals surface area contributed by atoms with Gasteiger partial charge in [-0.1, -0.05) is 76.8 Å². The molecule has 270 valence electrons. The van der Waals surface area contributed by atoms with Crippen molar-refractivity contribution in [3.8, 4) is 0 Å². The lowest BCUT2D eigenvalue weighted by Crippen LogP contribution is -2.59. The molecule has 1 aliphatic heterocycles. The first-order chi connectivity index (χ1) is 23.3. The Kier molecular flexibility index (Phi) is 15.2. The van der Waals surface area contributed by atoms with E-state index in [0.29, 0.717) is 24.8 Å². The SMILES string of the molecule is CCCC(NC(=O)[C@@H]1CC[C@@H](C)N1C(=O)[C@@H](NC(=O)OCC(C)C)C1CCCCC1)C(=O)C(=O)NCC(=O)NC(C(C)=O)c1ccccc1. The largest absolute Gasteiger partial charge is 0.449 e. The van der Waals surface area contributed by atoms with E-state index in [-0.39, 0.29) is 42.6 Å². The van der Waals surface area contributed by atoms with Gasteiger partial charge in [-0.05, 0) is 63.4 Å². The molecule has 1 aromatic rings. The van der Waals surface area contributed by atoms with Crippen LogP contribution in [-0.4, -0.2) is 83.5 Å². The van der Waals surface area contributed by atoms with Gasteiger partial charge >= 0.3 is 6.09 Å². The molecule has 0 aromatic heterocycles. The van der Waals surface area contributed by atoms with Gasteiger partial charge in [0, 0.05) is 6.04 Å². The minimum absolute atomic E-state index is 0.0990. The average molecular weight is 684 g/mol. The van der Waals surface area contributed by atoms with E-state index in [0.717, 1.165) is 32.1 Å². The molecule has 1 heterocycles. The van der Waals surface area contributed by atoms with E-state index in [9.17, 15) is 33.6 Å². The molecule has 5 amide bonds. The first-order valence-electron chi connectivity index (χ1n) is 17.6. The molecule has 0 radical (unpaired) electrons. The normalized spacial score (nSPS) is 19.7. The fourth-order valence-corrected chi connectivity index (χ4v) is 6.54. The van der Waals surface area contributed by atoms with Crippen LogP contribution in [0, 0.1) is 11.8 Å². The van der Waals surface area contributed by atoms with Gasteiger partial charge < -0.3 is 30.9 Å². The summed E-state index contributed by atoms with van der Waals surface area (Å²) in [5.41, 5.74) is 0.581. The van der Waals surface area contributed by atoms with Crippen molar-refractivity contribution < 1.29 is 38.3 Å². The number of carbonyl (C=O) groups is 7. The Morgan fingerprint density at radius 3 is 2.18 bits per heavy atom. The van der Waals surface area contributed by atoms with Crippen LogP contribution in [0.5, 0.6) is 0 Å². The number of carbonyl (C=O) groups excluding carboxylic acids is 7. The molecule has 1 aromatic carbocycles. The number of ketones is 2. The number of benzene rings is 1. The van der Waals surface area contributed by atoms with Crippen LogP contribution >= 0.6 is 0 Å². The molecule has 2 fully saturated rings. The van der Waals surface area contributed by atoms with Crippen LogP contribution in [0.1, 0.15) is 104 Å². The van der Waals surface area contributed by atoms with Crippen molar-refractivity contribution in [3.05, 3.63) is 35.9 Å². The predicted molar refractivity (Wildman–Crippen MR) is 182 cm³/mol. The predicted octanol–water partition coefficient (Wildman–Crippen LogP) is 3.11. The molecule has 13 heteroatoms. The van der Waals surface area contributed by atoms with E-state index in [1.165, 1.54) is 11.8 Å². The number of hydrogen-bond acceptors (Lipinski definition) is 8. The number of amides is 5. The van der Waals surface area contributed by atoms with Crippen molar-refractivity contribution in [2.75, 3.05) is 13.2 Å². The number of nitrogens with zero attached hydrogens (tertiary/aromatic N) is 1. The Labute approximate surface area is 289 Å². The minimum Gasteiger partial charge on any atom is -0.449 e. The van der Waals surface area contributed by atoms with Crippen LogP contribution < -0.4 is 21.3 Å². The maximum Gasteiger partial charge on any atom is 0.407 e. The smallest absolute Gasteiger partial charge is 0.407 e. The quantitative estimate of drug-likeness (QED) is 0.192. The molecule has 49 heavy (non-hydrogen) atoms. The lowest BCUT2D eigenvalue weighted by molar-refractivity contribution is -0.144. The molecule has 2 unspecified atom stereocenters. The second-order valence-corrected chi connectivity index (χ2v) is 13.6. The lowest BCUT2D eigenvalue weighted by Gasteiger charge is -2.36. The van der Waals surface area contributed by atoms with E-state index in [4.69, 9.17) is 4.74 Å². The maximum atomic E-state index is 14.1. The Morgan fingerprint density at radius 2 is 1.57 bits per heavy atom. The minimum atomic E-state index is -1.18. The van der Waals surface area contributed by atoms with Gasteiger partial charge in [-0.3, -0.25) is 28.8 Å². The van der Waals surface area contributed by atoms with Crippen molar-refractivity contribution in [3.63, 3.8) is 0 Å².